The van der Waals surface area contributed by atoms with E-state index in [4.69, 9.17) is 4.74 Å². The predicted octanol–water partition coefficient (Wildman–Crippen LogP) is 4.58. The first-order valence-corrected chi connectivity index (χ1v) is 15.3. The molecule has 14 heteroatoms. The first-order chi connectivity index (χ1) is 20.5. The average Bonchev–Trinajstić information content (AvgIpc) is 3.39. The van der Waals surface area contributed by atoms with Gasteiger partial charge in [-0.15, -0.1) is 0 Å². The molecule has 0 atom stereocenters. The smallest absolute Gasteiger partial charge is 0.307 e. The number of aromatic nitrogens is 3. The number of benzene rings is 2. The Morgan fingerprint density at radius 3 is 2.47 bits per heavy atom. The predicted molar refractivity (Wildman–Crippen MR) is 170 cm³/mol. The second kappa shape index (κ2) is 13.4. The van der Waals surface area contributed by atoms with Gasteiger partial charge in [-0.1, -0.05) is 32.0 Å². The van der Waals surface area contributed by atoms with E-state index in [1.165, 1.54) is 43.6 Å². The fourth-order valence-corrected chi connectivity index (χ4v) is 5.84. The van der Waals surface area contributed by atoms with Crippen molar-refractivity contribution in [2.24, 2.45) is 0 Å². The molecule has 2 heterocycles. The summed E-state index contributed by atoms with van der Waals surface area (Å²) in [5.74, 6) is 0.549. The highest BCUT2D eigenvalue weighted by Gasteiger charge is 2.24. The molecule has 2 aromatic heterocycles. The Hall–Kier alpha value is -4.27. The Balaban J connectivity index is 1.70. The number of ether oxygens (including phenoxy) is 1. The maximum Gasteiger partial charge on any atom is 0.307 e. The molecule has 4 rings (SSSR count). The van der Waals surface area contributed by atoms with Gasteiger partial charge in [0, 0.05) is 69.7 Å². The number of fused-ring (bicyclic) bond motifs is 1. The lowest BCUT2D eigenvalue weighted by atomic mass is 10.1. The Morgan fingerprint density at radius 2 is 1.81 bits per heavy atom. The average molecular weight is 611 g/mol. The van der Waals surface area contributed by atoms with Crippen molar-refractivity contribution in [3.63, 3.8) is 0 Å². The van der Waals surface area contributed by atoms with Crippen LogP contribution in [0.4, 0.5) is 23.0 Å². The zero-order chi connectivity index (χ0) is 31.3. The third-order valence-corrected chi connectivity index (χ3v) is 8.93. The van der Waals surface area contributed by atoms with E-state index in [0.717, 1.165) is 30.4 Å². The van der Waals surface area contributed by atoms with Crippen molar-refractivity contribution in [2.45, 2.75) is 20.3 Å². The van der Waals surface area contributed by atoms with Gasteiger partial charge in [-0.05, 0) is 31.6 Å². The molecule has 2 aromatic carbocycles. The highest BCUT2D eigenvalue weighted by molar-refractivity contribution is 7.87. The fourth-order valence-electron chi connectivity index (χ4n) is 4.84. The minimum absolute atomic E-state index is 0.0857. The molecule has 0 aliphatic carbocycles. The molecule has 0 aliphatic rings. The van der Waals surface area contributed by atoms with E-state index in [-0.39, 0.29) is 11.6 Å². The number of rotatable bonds is 14. The van der Waals surface area contributed by atoms with Gasteiger partial charge in [-0.3, -0.25) is 10.1 Å². The molecule has 0 saturated heterocycles. The van der Waals surface area contributed by atoms with E-state index in [2.05, 4.69) is 34.0 Å². The highest BCUT2D eigenvalue weighted by atomic mass is 32.2. The van der Waals surface area contributed by atoms with Crippen LogP contribution >= 0.6 is 0 Å². The van der Waals surface area contributed by atoms with Gasteiger partial charge in [0.05, 0.1) is 28.9 Å². The van der Waals surface area contributed by atoms with Gasteiger partial charge in [0.1, 0.15) is 11.4 Å². The number of nitro benzene ring substituents is 1. The zero-order valence-corrected chi connectivity index (χ0v) is 26.1. The molecule has 0 radical (unpaired) electrons. The molecule has 0 bridgehead atoms. The molecule has 0 saturated carbocycles. The number of anilines is 3. The summed E-state index contributed by atoms with van der Waals surface area (Å²) in [6.07, 6.45) is 4.10. The number of methoxy groups -OCH3 is 1. The van der Waals surface area contributed by atoms with Crippen LogP contribution in [0.1, 0.15) is 20.3 Å². The van der Waals surface area contributed by atoms with E-state index in [0.29, 0.717) is 45.8 Å². The number of nitro groups is 1. The Morgan fingerprint density at radius 1 is 1.07 bits per heavy atom. The minimum Gasteiger partial charge on any atom is -0.494 e. The Kier molecular flexibility index (Phi) is 9.84. The molecular formula is C29H38N8O5S. The molecule has 43 heavy (non-hydrogen) atoms. The van der Waals surface area contributed by atoms with E-state index < -0.39 is 15.1 Å². The first-order valence-electron chi connectivity index (χ1n) is 13.9. The fraction of sp³-hybridized carbons (Fsp3) is 0.379. The van der Waals surface area contributed by atoms with Gasteiger partial charge < -0.3 is 19.9 Å². The summed E-state index contributed by atoms with van der Waals surface area (Å²) in [5.41, 5.74) is 2.24. The van der Waals surface area contributed by atoms with Gasteiger partial charge in [0.25, 0.3) is 5.69 Å². The second-order valence-electron chi connectivity index (χ2n) is 10.2. The summed E-state index contributed by atoms with van der Waals surface area (Å²) >= 11 is 0. The van der Waals surface area contributed by atoms with Crippen LogP contribution in [0, 0.1) is 10.1 Å². The lowest BCUT2D eigenvalue weighted by Gasteiger charge is -2.25. The monoisotopic (exact) mass is 610 g/mol. The molecule has 0 aliphatic heterocycles. The van der Waals surface area contributed by atoms with E-state index in [9.17, 15) is 18.5 Å². The van der Waals surface area contributed by atoms with Crippen LogP contribution in [-0.4, -0.2) is 90.9 Å². The Labute approximate surface area is 252 Å². The molecule has 0 unspecified atom stereocenters. The zero-order valence-electron chi connectivity index (χ0n) is 25.3. The van der Waals surface area contributed by atoms with Crippen LogP contribution < -0.4 is 15.0 Å². The molecule has 13 nitrogen and oxygen atoms in total. The van der Waals surface area contributed by atoms with Crippen LogP contribution in [0.25, 0.3) is 22.2 Å². The van der Waals surface area contributed by atoms with Crippen LogP contribution in [-0.2, 0) is 10.2 Å². The van der Waals surface area contributed by atoms with Gasteiger partial charge in [0.2, 0.25) is 5.95 Å². The van der Waals surface area contributed by atoms with Crippen molar-refractivity contribution in [3.05, 3.63) is 65.0 Å². The number of nitrogens with zero attached hydrogens (tertiary/aromatic N) is 7. The molecule has 0 spiro atoms. The van der Waals surface area contributed by atoms with E-state index >= 15 is 0 Å². The van der Waals surface area contributed by atoms with Crippen LogP contribution in [0.2, 0.25) is 0 Å². The second-order valence-corrected chi connectivity index (χ2v) is 12.2. The molecule has 230 valence electrons. The van der Waals surface area contributed by atoms with Gasteiger partial charge in [0.15, 0.2) is 0 Å². The molecule has 0 amide bonds. The SMILES string of the molecule is CCCN(CC)CCN(C)c1cc(OC)c(Nc2nccc(-c3cn(S(=O)(=O)N(C)C)c4ccccc34)n2)cc1[N+](=O)[O-]. The van der Waals surface area contributed by atoms with Crippen molar-refractivity contribution in [2.75, 3.05) is 64.6 Å². The normalized spacial score (nSPS) is 11.8. The van der Waals surface area contributed by atoms with E-state index in [1.807, 2.05) is 24.1 Å². The molecule has 0 fully saturated rings. The summed E-state index contributed by atoms with van der Waals surface area (Å²) < 4.78 is 34.0. The van der Waals surface area contributed by atoms with Crippen LogP contribution in [0.15, 0.2) is 54.9 Å². The number of likely N-dealkylation sites (N-methyl/N-ethyl adjacent to an activating group) is 2. The molecule has 4 aromatic rings. The molecular weight excluding hydrogens is 572 g/mol. The van der Waals surface area contributed by atoms with Gasteiger partial charge >= 0.3 is 10.2 Å². The topological polar surface area (TPSA) is 139 Å². The summed E-state index contributed by atoms with van der Waals surface area (Å²) in [5, 5.41) is 15.9. The van der Waals surface area contributed by atoms with Crippen LogP contribution in [0.3, 0.4) is 0 Å². The number of nitrogens with one attached hydrogen (secondary N) is 1. The lowest BCUT2D eigenvalue weighted by molar-refractivity contribution is -0.384. The standard InChI is InChI=1S/C29H38N8O5S/c1-7-15-35(8-2)17-16-34(5)26-19-28(42-6)24(18-27(26)37(38)39)32-29-30-14-13-23(31-29)22-20-36(43(40,41)33(3)4)25-12-10-9-11-21(22)25/h9-14,18-20H,7-8,15-17H2,1-6H3,(H,30,31,32). The van der Waals surface area contributed by atoms with Crippen molar-refractivity contribution in [3.8, 4) is 17.0 Å². The number of hydrogen-bond acceptors (Lipinski definition) is 10. The van der Waals surface area contributed by atoms with Crippen molar-refractivity contribution >= 4 is 44.1 Å². The Bertz CT molecular complexity index is 1710. The minimum atomic E-state index is -3.79. The lowest BCUT2D eigenvalue weighted by Crippen LogP contribution is -2.34. The summed E-state index contributed by atoms with van der Waals surface area (Å²) in [4.78, 5) is 24.8. The van der Waals surface area contributed by atoms with Crippen molar-refractivity contribution in [1.29, 1.82) is 0 Å². The van der Waals surface area contributed by atoms with Crippen molar-refractivity contribution < 1.29 is 18.1 Å². The van der Waals surface area contributed by atoms with Gasteiger partial charge in [-0.2, -0.15) is 12.7 Å². The quantitative estimate of drug-likeness (QED) is 0.159. The largest absolute Gasteiger partial charge is 0.494 e. The summed E-state index contributed by atoms with van der Waals surface area (Å²) in [7, 11) is 2.47. The molecule has 1 N–H and O–H groups in total. The van der Waals surface area contributed by atoms with Gasteiger partial charge in [-0.25, -0.2) is 13.9 Å². The van der Waals surface area contributed by atoms with Crippen molar-refractivity contribution in [1.82, 2.24) is 23.1 Å². The van der Waals surface area contributed by atoms with Crippen LogP contribution in [0.5, 0.6) is 5.75 Å². The number of para-hydroxylation sites is 1. The maximum absolute atomic E-state index is 13.0. The first kappa shape index (κ1) is 31.7. The summed E-state index contributed by atoms with van der Waals surface area (Å²) in [6, 6.07) is 11.9. The maximum atomic E-state index is 13.0. The third-order valence-electron chi connectivity index (χ3n) is 7.21. The van der Waals surface area contributed by atoms with E-state index in [1.54, 1.807) is 24.3 Å². The summed E-state index contributed by atoms with van der Waals surface area (Å²) in [6.45, 7) is 7.47. The number of hydrogen-bond donors (Lipinski definition) is 1. The third kappa shape index (κ3) is 6.71. The highest BCUT2D eigenvalue weighted by Crippen LogP contribution is 2.39.